The second-order valence-electron chi connectivity index (χ2n) is 2.38. The van der Waals surface area contributed by atoms with E-state index in [4.69, 9.17) is 10.5 Å². The maximum Gasteiger partial charge on any atom is 0.305 e. The summed E-state index contributed by atoms with van der Waals surface area (Å²) in [5.41, 5.74) is 8.13. The highest BCUT2D eigenvalue weighted by Crippen LogP contribution is 1.97. The third-order valence-electron chi connectivity index (χ3n) is 1.32. The predicted molar refractivity (Wildman–Crippen MR) is 47.6 cm³/mol. The molecule has 0 rings (SSSR count). The average Bonchev–Trinajstić information content (AvgIpc) is 2.02. The Kier molecular flexibility index (Phi) is 6.07. The summed E-state index contributed by atoms with van der Waals surface area (Å²) >= 11 is 0. The smallest absolute Gasteiger partial charge is 0.305 e. The van der Waals surface area contributed by atoms with E-state index in [1.54, 1.807) is 13.0 Å². The predicted octanol–water partition coefficient (Wildman–Crippen LogP) is 0.998. The van der Waals surface area contributed by atoms with Gasteiger partial charge < -0.3 is 10.5 Å². The van der Waals surface area contributed by atoms with E-state index in [9.17, 15) is 4.79 Å². The van der Waals surface area contributed by atoms with E-state index in [-0.39, 0.29) is 12.0 Å². The quantitative estimate of drug-likeness (QED) is 0.493. The number of rotatable bonds is 5. The summed E-state index contributed by atoms with van der Waals surface area (Å²) in [5.74, 6) is -0.203. The number of carbonyl (C=O) groups excluding carboxylic acids is 1. The molecule has 3 nitrogen and oxygen atoms in total. The summed E-state index contributed by atoms with van der Waals surface area (Å²) in [4.78, 5) is 10.8. The van der Waals surface area contributed by atoms with E-state index >= 15 is 0 Å². The highest BCUT2D eigenvalue weighted by molar-refractivity contribution is 5.69. The molecule has 68 valence electrons. The van der Waals surface area contributed by atoms with Crippen LogP contribution in [0.15, 0.2) is 18.4 Å². The number of esters is 1. The third-order valence-corrected chi connectivity index (χ3v) is 1.32. The maximum absolute atomic E-state index is 10.8. The van der Waals surface area contributed by atoms with Crippen molar-refractivity contribution in [3.05, 3.63) is 18.4 Å². The summed E-state index contributed by atoms with van der Waals surface area (Å²) in [6.07, 6.45) is 2.58. The molecule has 1 unspecified atom stereocenters. The van der Waals surface area contributed by atoms with Crippen molar-refractivity contribution in [2.75, 3.05) is 6.61 Å². The molecule has 0 radical (unpaired) electrons. The van der Waals surface area contributed by atoms with Gasteiger partial charge in [0.1, 0.15) is 0 Å². The van der Waals surface area contributed by atoms with Crippen LogP contribution in [-0.4, -0.2) is 18.6 Å². The monoisotopic (exact) mass is 169 g/mol. The number of ether oxygens (including phenoxy) is 1. The van der Waals surface area contributed by atoms with E-state index in [1.807, 2.05) is 0 Å². The van der Waals surface area contributed by atoms with Gasteiger partial charge in [0.15, 0.2) is 0 Å². The lowest BCUT2D eigenvalue weighted by molar-refractivity contribution is -0.143. The lowest BCUT2D eigenvalue weighted by Gasteiger charge is -2.04. The van der Waals surface area contributed by atoms with Gasteiger partial charge in [-0.1, -0.05) is 6.58 Å². The van der Waals surface area contributed by atoms with Crippen molar-refractivity contribution in [1.82, 2.24) is 0 Å². The molecule has 0 aromatic heterocycles. The second kappa shape index (κ2) is 6.65. The minimum atomic E-state index is -0.203. The van der Waals surface area contributed by atoms with Crippen LogP contribution in [0.1, 0.15) is 19.8 Å². The first-order valence-corrected chi connectivity index (χ1v) is 3.97. The van der Waals surface area contributed by atoms with Crippen molar-refractivity contribution in [3.63, 3.8) is 0 Å². The normalized spacial score (nSPS) is 11.5. The van der Waals surface area contributed by atoms with Crippen LogP contribution in [0.2, 0.25) is 0 Å². The number of carbonyl (C=O) groups is 1. The zero-order valence-electron chi connectivity index (χ0n) is 7.38. The van der Waals surface area contributed by atoms with Gasteiger partial charge in [-0.15, -0.1) is 5.73 Å². The Morgan fingerprint density at radius 1 is 1.83 bits per heavy atom. The standard InChI is InChI=1S/C9H15NO2/c1-3-5-8(10)6-7-9(11)12-4-2/h5,8H,1,4,6-7,10H2,2H3. The minimum Gasteiger partial charge on any atom is -0.466 e. The van der Waals surface area contributed by atoms with Gasteiger partial charge in [0.25, 0.3) is 0 Å². The van der Waals surface area contributed by atoms with Crippen molar-refractivity contribution < 1.29 is 9.53 Å². The summed E-state index contributed by atoms with van der Waals surface area (Å²) in [7, 11) is 0. The average molecular weight is 169 g/mol. The minimum absolute atomic E-state index is 0.146. The highest BCUT2D eigenvalue weighted by Gasteiger charge is 2.04. The van der Waals surface area contributed by atoms with E-state index in [0.717, 1.165) is 0 Å². The Morgan fingerprint density at radius 2 is 2.50 bits per heavy atom. The molecule has 0 amide bonds. The first-order valence-electron chi connectivity index (χ1n) is 3.97. The lowest BCUT2D eigenvalue weighted by Crippen LogP contribution is -2.18. The van der Waals surface area contributed by atoms with Gasteiger partial charge in [-0.25, -0.2) is 0 Å². The summed E-state index contributed by atoms with van der Waals surface area (Å²) in [6, 6.07) is -0.146. The molecule has 0 saturated heterocycles. The van der Waals surface area contributed by atoms with E-state index < -0.39 is 0 Å². The van der Waals surface area contributed by atoms with Crippen molar-refractivity contribution in [2.24, 2.45) is 5.73 Å². The molecule has 0 saturated carbocycles. The molecule has 0 aliphatic carbocycles. The molecular formula is C9H15NO2. The topological polar surface area (TPSA) is 52.3 Å². The molecule has 3 heteroatoms. The summed E-state index contributed by atoms with van der Waals surface area (Å²) < 4.78 is 4.73. The van der Waals surface area contributed by atoms with Crippen LogP contribution >= 0.6 is 0 Å². The highest BCUT2D eigenvalue weighted by atomic mass is 16.5. The SMILES string of the molecule is C=C=CC(N)CCC(=O)OCC. The van der Waals surface area contributed by atoms with Gasteiger partial charge in [-0.2, -0.15) is 0 Å². The fourth-order valence-corrected chi connectivity index (χ4v) is 0.752. The van der Waals surface area contributed by atoms with Crippen LogP contribution in [0, 0.1) is 0 Å². The molecule has 0 fully saturated rings. The van der Waals surface area contributed by atoms with Gasteiger partial charge in [-0.05, 0) is 19.4 Å². The zero-order valence-corrected chi connectivity index (χ0v) is 7.38. The van der Waals surface area contributed by atoms with Crippen molar-refractivity contribution >= 4 is 5.97 Å². The number of nitrogens with two attached hydrogens (primary N) is 1. The Balaban J connectivity index is 3.53. The van der Waals surface area contributed by atoms with Gasteiger partial charge in [-0.3, -0.25) is 4.79 Å². The molecule has 0 aliphatic rings. The van der Waals surface area contributed by atoms with Crippen molar-refractivity contribution in [2.45, 2.75) is 25.8 Å². The summed E-state index contributed by atoms with van der Waals surface area (Å²) in [5, 5.41) is 0. The first-order chi connectivity index (χ1) is 5.70. The molecule has 12 heavy (non-hydrogen) atoms. The molecule has 0 aromatic carbocycles. The fraction of sp³-hybridized carbons (Fsp3) is 0.556. The van der Waals surface area contributed by atoms with E-state index in [1.165, 1.54) is 0 Å². The van der Waals surface area contributed by atoms with Crippen LogP contribution in [0.5, 0.6) is 0 Å². The largest absolute Gasteiger partial charge is 0.466 e. The van der Waals surface area contributed by atoms with Crippen LogP contribution in [0.4, 0.5) is 0 Å². The molecule has 0 aromatic rings. The van der Waals surface area contributed by atoms with Crippen LogP contribution in [-0.2, 0) is 9.53 Å². The Labute approximate surface area is 72.9 Å². The van der Waals surface area contributed by atoms with Gasteiger partial charge in [0.2, 0.25) is 0 Å². The van der Waals surface area contributed by atoms with Gasteiger partial charge in [0, 0.05) is 12.5 Å². The van der Waals surface area contributed by atoms with E-state index in [0.29, 0.717) is 19.4 Å². The molecule has 0 spiro atoms. The Hall–Kier alpha value is -1.05. The molecule has 0 bridgehead atoms. The van der Waals surface area contributed by atoms with Gasteiger partial charge in [0.05, 0.1) is 6.61 Å². The van der Waals surface area contributed by atoms with Crippen molar-refractivity contribution in [1.29, 1.82) is 0 Å². The molecular weight excluding hydrogens is 154 g/mol. The molecule has 2 N–H and O–H groups in total. The second-order valence-corrected chi connectivity index (χ2v) is 2.38. The first kappa shape index (κ1) is 11.0. The Morgan fingerprint density at radius 3 is 3.00 bits per heavy atom. The number of hydrogen-bond donors (Lipinski definition) is 1. The van der Waals surface area contributed by atoms with Crippen LogP contribution in [0.3, 0.4) is 0 Å². The lowest BCUT2D eigenvalue weighted by atomic mass is 10.2. The third kappa shape index (κ3) is 5.71. The van der Waals surface area contributed by atoms with Gasteiger partial charge >= 0.3 is 5.97 Å². The van der Waals surface area contributed by atoms with Crippen LogP contribution in [0.25, 0.3) is 0 Å². The Bertz CT molecular complexity index is 183. The van der Waals surface area contributed by atoms with E-state index in [2.05, 4.69) is 12.3 Å². The summed E-state index contributed by atoms with van der Waals surface area (Å²) in [6.45, 7) is 5.59. The molecule has 0 aliphatic heterocycles. The fourth-order valence-electron chi connectivity index (χ4n) is 0.752. The molecule has 1 atom stereocenters. The van der Waals surface area contributed by atoms with Crippen molar-refractivity contribution in [3.8, 4) is 0 Å². The zero-order chi connectivity index (χ0) is 9.40. The molecule has 0 heterocycles. The van der Waals surface area contributed by atoms with Crippen LogP contribution < -0.4 is 5.73 Å². The maximum atomic E-state index is 10.8. The number of hydrogen-bond acceptors (Lipinski definition) is 3.